The highest BCUT2D eigenvalue weighted by molar-refractivity contribution is 5.90. The van der Waals surface area contributed by atoms with Gasteiger partial charge in [0.15, 0.2) is 23.4 Å². The third-order valence-corrected chi connectivity index (χ3v) is 7.60. The minimum absolute atomic E-state index is 0.0137. The second kappa shape index (κ2) is 6.95. The van der Waals surface area contributed by atoms with Gasteiger partial charge in [0.25, 0.3) is 0 Å². The SMILES string of the molecule is CCOC(=O)CCCOc1ccc2c3c1O[C@H]1C(=O)CC[C@@]4(O)[C@@H](C2)N(C)CC[C@]314. The number of Topliss-reactive ketones (excluding diaryl/α,β-unsaturated/α-hetero) is 1. The summed E-state index contributed by atoms with van der Waals surface area (Å²) in [6.07, 6.45) is 2.44. The van der Waals surface area contributed by atoms with E-state index < -0.39 is 17.1 Å². The smallest absolute Gasteiger partial charge is 0.305 e. The monoisotopic (exact) mass is 415 g/mol. The maximum Gasteiger partial charge on any atom is 0.305 e. The number of likely N-dealkylation sites (tertiary alicyclic amines) is 1. The maximum absolute atomic E-state index is 12.9. The molecule has 1 aromatic rings. The molecular formula is C23H29NO6. The third kappa shape index (κ3) is 2.51. The molecule has 30 heavy (non-hydrogen) atoms. The molecule has 7 heteroatoms. The predicted octanol–water partition coefficient (Wildman–Crippen LogP) is 1.76. The molecule has 4 atom stereocenters. The second-order valence-electron chi connectivity index (χ2n) is 8.99. The number of ether oxygens (including phenoxy) is 3. The van der Waals surface area contributed by atoms with Gasteiger partial charge in [-0.05, 0) is 57.8 Å². The number of carbonyl (C=O) groups excluding carboxylic acids is 2. The van der Waals surface area contributed by atoms with Gasteiger partial charge in [0.1, 0.15) is 0 Å². The van der Waals surface area contributed by atoms with Gasteiger partial charge < -0.3 is 24.2 Å². The van der Waals surface area contributed by atoms with Crippen molar-refractivity contribution in [3.63, 3.8) is 0 Å². The number of aliphatic hydroxyl groups is 1. The Kier molecular flexibility index (Phi) is 4.59. The van der Waals surface area contributed by atoms with Crippen LogP contribution in [-0.4, -0.2) is 66.3 Å². The van der Waals surface area contributed by atoms with Crippen LogP contribution in [0.15, 0.2) is 12.1 Å². The van der Waals surface area contributed by atoms with Crippen molar-refractivity contribution in [3.05, 3.63) is 23.3 Å². The standard InChI is InChI=1S/C23H29NO6/c1-3-28-18(26)5-4-12-29-16-7-6-14-13-17-23(27)9-8-15(25)21-22(23,10-11-24(17)2)19(14)20(16)30-21/h6-7,17,21,27H,3-5,8-13H2,1-2H3/t17-,21+,22+,23-/m1/s1. The van der Waals surface area contributed by atoms with Crippen molar-refractivity contribution in [1.82, 2.24) is 4.90 Å². The van der Waals surface area contributed by atoms with Gasteiger partial charge in [0.2, 0.25) is 0 Å². The summed E-state index contributed by atoms with van der Waals surface area (Å²) < 4.78 is 17.2. The van der Waals surface area contributed by atoms with Crippen molar-refractivity contribution in [2.45, 2.75) is 68.6 Å². The zero-order chi connectivity index (χ0) is 21.1. The topological polar surface area (TPSA) is 85.3 Å². The number of hydrogen-bond acceptors (Lipinski definition) is 7. The lowest BCUT2D eigenvalue weighted by Gasteiger charge is -2.62. The molecule has 162 valence electrons. The highest BCUT2D eigenvalue weighted by Crippen LogP contribution is 2.64. The van der Waals surface area contributed by atoms with Crippen molar-refractivity contribution in [2.75, 3.05) is 26.8 Å². The highest BCUT2D eigenvalue weighted by atomic mass is 16.5. The van der Waals surface area contributed by atoms with E-state index in [1.807, 2.05) is 6.07 Å². The third-order valence-electron chi connectivity index (χ3n) is 7.60. The molecule has 1 aromatic carbocycles. The fraction of sp³-hybridized carbons (Fsp3) is 0.652. The lowest BCUT2D eigenvalue weighted by atomic mass is 9.49. The van der Waals surface area contributed by atoms with Gasteiger partial charge in [-0.2, -0.15) is 0 Å². The van der Waals surface area contributed by atoms with E-state index in [4.69, 9.17) is 14.2 Å². The Morgan fingerprint density at radius 3 is 3.00 bits per heavy atom. The minimum atomic E-state index is -0.973. The van der Waals surface area contributed by atoms with Crippen LogP contribution >= 0.6 is 0 Å². The Morgan fingerprint density at radius 1 is 1.37 bits per heavy atom. The Labute approximate surface area is 176 Å². The molecular weight excluding hydrogens is 386 g/mol. The summed E-state index contributed by atoms with van der Waals surface area (Å²) in [5.74, 6) is 1.05. The summed E-state index contributed by atoms with van der Waals surface area (Å²) in [5, 5.41) is 12.0. The van der Waals surface area contributed by atoms with Crippen LogP contribution in [0.5, 0.6) is 11.5 Å². The number of ketones is 1. The number of likely N-dealkylation sites (N-methyl/N-ethyl adjacent to an activating group) is 1. The minimum Gasteiger partial charge on any atom is -0.490 e. The van der Waals surface area contributed by atoms with Gasteiger partial charge in [0.05, 0.1) is 24.2 Å². The van der Waals surface area contributed by atoms with E-state index in [-0.39, 0.29) is 17.8 Å². The molecule has 0 aromatic heterocycles. The molecule has 2 fully saturated rings. The summed E-state index contributed by atoms with van der Waals surface area (Å²) in [5.41, 5.74) is 0.462. The van der Waals surface area contributed by atoms with Gasteiger partial charge in [-0.25, -0.2) is 0 Å². The molecule has 2 bridgehead atoms. The number of piperidine rings is 1. The van der Waals surface area contributed by atoms with Crippen LogP contribution in [0.25, 0.3) is 0 Å². The van der Waals surface area contributed by atoms with Gasteiger partial charge in [-0.15, -0.1) is 0 Å². The number of carbonyl (C=O) groups is 2. The molecule has 0 amide bonds. The lowest BCUT2D eigenvalue weighted by molar-refractivity contribution is -0.185. The van der Waals surface area contributed by atoms with Crippen LogP contribution in [-0.2, 0) is 26.2 Å². The summed E-state index contributed by atoms with van der Waals surface area (Å²) in [6.45, 7) is 3.34. The van der Waals surface area contributed by atoms with Crippen LogP contribution in [0.4, 0.5) is 0 Å². The Morgan fingerprint density at radius 2 is 2.20 bits per heavy atom. The van der Waals surface area contributed by atoms with E-state index in [0.717, 1.165) is 24.1 Å². The van der Waals surface area contributed by atoms with Gasteiger partial charge in [-0.1, -0.05) is 6.07 Å². The van der Waals surface area contributed by atoms with E-state index in [2.05, 4.69) is 18.0 Å². The Balaban J connectivity index is 1.48. The zero-order valence-electron chi connectivity index (χ0n) is 17.6. The molecule has 0 unspecified atom stereocenters. The van der Waals surface area contributed by atoms with Crippen LogP contribution in [0.1, 0.15) is 50.2 Å². The van der Waals surface area contributed by atoms with Crippen LogP contribution in [0.3, 0.4) is 0 Å². The normalized spacial score (nSPS) is 33.6. The van der Waals surface area contributed by atoms with Crippen molar-refractivity contribution < 1.29 is 28.9 Å². The molecule has 1 N–H and O–H groups in total. The molecule has 7 nitrogen and oxygen atoms in total. The second-order valence-corrected chi connectivity index (χ2v) is 8.99. The first kappa shape index (κ1) is 19.8. The summed E-state index contributed by atoms with van der Waals surface area (Å²) in [7, 11) is 2.06. The zero-order valence-corrected chi connectivity index (χ0v) is 17.6. The largest absolute Gasteiger partial charge is 0.490 e. The quantitative estimate of drug-likeness (QED) is 0.560. The van der Waals surface area contributed by atoms with Crippen LogP contribution < -0.4 is 9.47 Å². The first-order valence-electron chi connectivity index (χ1n) is 11.0. The molecule has 5 rings (SSSR count). The van der Waals surface area contributed by atoms with E-state index in [0.29, 0.717) is 56.8 Å². The molecule has 1 spiro atoms. The van der Waals surface area contributed by atoms with E-state index in [1.165, 1.54) is 0 Å². The molecule has 1 saturated heterocycles. The van der Waals surface area contributed by atoms with Crippen LogP contribution in [0.2, 0.25) is 0 Å². The van der Waals surface area contributed by atoms with Gasteiger partial charge >= 0.3 is 5.97 Å². The Bertz CT molecular complexity index is 900. The van der Waals surface area contributed by atoms with Crippen molar-refractivity contribution in [1.29, 1.82) is 0 Å². The van der Waals surface area contributed by atoms with E-state index in [9.17, 15) is 14.7 Å². The number of nitrogens with zero attached hydrogens (tertiary/aromatic N) is 1. The molecule has 1 saturated carbocycles. The molecule has 2 aliphatic heterocycles. The predicted molar refractivity (Wildman–Crippen MR) is 108 cm³/mol. The number of hydrogen-bond donors (Lipinski definition) is 1. The van der Waals surface area contributed by atoms with Crippen molar-refractivity contribution in [2.24, 2.45) is 0 Å². The Hall–Kier alpha value is -2.12. The summed E-state index contributed by atoms with van der Waals surface area (Å²) >= 11 is 0. The van der Waals surface area contributed by atoms with Gasteiger partial charge in [-0.3, -0.25) is 9.59 Å². The summed E-state index contributed by atoms with van der Waals surface area (Å²) in [6, 6.07) is 3.94. The average Bonchev–Trinajstić information content (AvgIpc) is 3.08. The summed E-state index contributed by atoms with van der Waals surface area (Å²) in [4.78, 5) is 26.7. The van der Waals surface area contributed by atoms with E-state index in [1.54, 1.807) is 6.92 Å². The molecule has 0 radical (unpaired) electrons. The first-order chi connectivity index (χ1) is 14.4. The molecule has 2 heterocycles. The van der Waals surface area contributed by atoms with Gasteiger partial charge in [0, 0.05) is 24.4 Å². The number of rotatable bonds is 6. The van der Waals surface area contributed by atoms with Crippen molar-refractivity contribution >= 4 is 11.8 Å². The first-order valence-corrected chi connectivity index (χ1v) is 11.0. The van der Waals surface area contributed by atoms with Crippen molar-refractivity contribution in [3.8, 4) is 11.5 Å². The fourth-order valence-corrected chi connectivity index (χ4v) is 6.27. The molecule has 4 aliphatic rings. The fourth-order valence-electron chi connectivity index (χ4n) is 6.27. The number of benzene rings is 1. The van der Waals surface area contributed by atoms with E-state index >= 15 is 0 Å². The number of esters is 1. The molecule has 2 aliphatic carbocycles. The highest BCUT2D eigenvalue weighted by Gasteiger charge is 2.72. The van der Waals surface area contributed by atoms with Crippen LogP contribution in [0, 0.1) is 0 Å². The lowest BCUT2D eigenvalue weighted by Crippen LogP contribution is -2.76. The maximum atomic E-state index is 12.9. The average molecular weight is 415 g/mol.